The molecule has 0 radical (unpaired) electrons. The molecule has 0 amide bonds. The molecular formula is C13H23ClN4. The predicted octanol–water partition coefficient (Wildman–Crippen LogP) is 1.91. The van der Waals surface area contributed by atoms with Gasteiger partial charge < -0.3 is 4.90 Å². The molecule has 0 saturated carbocycles. The highest BCUT2D eigenvalue weighted by molar-refractivity contribution is 6.30. The molecule has 1 aliphatic rings. The molecule has 1 aromatic heterocycles. The number of aromatic nitrogens is 2. The van der Waals surface area contributed by atoms with Crippen molar-refractivity contribution in [3.8, 4) is 0 Å². The molecule has 1 fully saturated rings. The van der Waals surface area contributed by atoms with Crippen LogP contribution in [0.5, 0.6) is 0 Å². The first-order valence-electron chi connectivity index (χ1n) is 6.63. The van der Waals surface area contributed by atoms with Crippen molar-refractivity contribution in [3.63, 3.8) is 0 Å². The van der Waals surface area contributed by atoms with Crippen LogP contribution in [0.4, 0.5) is 0 Å². The quantitative estimate of drug-likeness (QED) is 0.839. The molecule has 4 nitrogen and oxygen atoms in total. The van der Waals surface area contributed by atoms with E-state index in [9.17, 15) is 0 Å². The number of piperazine rings is 1. The predicted molar refractivity (Wildman–Crippen MR) is 74.9 cm³/mol. The van der Waals surface area contributed by atoms with Crippen LogP contribution in [0.3, 0.4) is 0 Å². The van der Waals surface area contributed by atoms with E-state index in [1.54, 1.807) is 4.68 Å². The molecule has 102 valence electrons. The number of halogens is 1. The first kappa shape index (κ1) is 13.8. The lowest BCUT2D eigenvalue weighted by atomic mass is 10.1. The Morgan fingerprint density at radius 1 is 1.33 bits per heavy atom. The van der Waals surface area contributed by atoms with Crippen LogP contribution >= 0.6 is 11.6 Å². The summed E-state index contributed by atoms with van der Waals surface area (Å²) in [6.45, 7) is 8.58. The molecule has 0 aromatic carbocycles. The summed E-state index contributed by atoms with van der Waals surface area (Å²) in [6.07, 6.45) is 1.20. The molecule has 1 aromatic rings. The van der Waals surface area contributed by atoms with Gasteiger partial charge in [0.1, 0.15) is 5.15 Å². The molecule has 0 spiro atoms. The van der Waals surface area contributed by atoms with Gasteiger partial charge in [0.15, 0.2) is 0 Å². The topological polar surface area (TPSA) is 24.3 Å². The highest BCUT2D eigenvalue weighted by atomic mass is 35.5. The zero-order valence-electron chi connectivity index (χ0n) is 11.8. The third-order valence-electron chi connectivity index (χ3n) is 3.98. The second-order valence-corrected chi connectivity index (χ2v) is 5.61. The molecule has 2 heterocycles. The summed E-state index contributed by atoms with van der Waals surface area (Å²) in [5, 5.41) is 5.16. The van der Waals surface area contributed by atoms with Gasteiger partial charge >= 0.3 is 0 Å². The highest BCUT2D eigenvalue weighted by Crippen LogP contribution is 2.22. The van der Waals surface area contributed by atoms with Gasteiger partial charge in [-0.25, -0.2) is 0 Å². The van der Waals surface area contributed by atoms with Crippen LogP contribution in [0.2, 0.25) is 5.15 Å². The Balaban J connectivity index is 2.05. The molecule has 1 aliphatic heterocycles. The van der Waals surface area contributed by atoms with Crippen molar-refractivity contribution in [1.82, 2.24) is 19.6 Å². The van der Waals surface area contributed by atoms with Crippen LogP contribution in [0.15, 0.2) is 0 Å². The van der Waals surface area contributed by atoms with Crippen LogP contribution in [0.25, 0.3) is 0 Å². The number of rotatable bonds is 3. The minimum absolute atomic E-state index is 0.662. The zero-order valence-corrected chi connectivity index (χ0v) is 12.5. The van der Waals surface area contributed by atoms with Gasteiger partial charge in [0, 0.05) is 44.8 Å². The second-order valence-electron chi connectivity index (χ2n) is 5.26. The van der Waals surface area contributed by atoms with Crippen LogP contribution in [0.1, 0.15) is 24.6 Å². The highest BCUT2D eigenvalue weighted by Gasteiger charge is 2.24. The molecule has 2 rings (SSSR count). The lowest BCUT2D eigenvalue weighted by Crippen LogP contribution is -2.50. The van der Waals surface area contributed by atoms with E-state index < -0.39 is 0 Å². The summed E-state index contributed by atoms with van der Waals surface area (Å²) in [7, 11) is 4.12. The SMILES string of the molecule is CCC1CN(Cc2c(C)nn(C)c2Cl)CCN1C. The zero-order chi connectivity index (χ0) is 13.3. The smallest absolute Gasteiger partial charge is 0.131 e. The fraction of sp³-hybridized carbons (Fsp3) is 0.769. The summed E-state index contributed by atoms with van der Waals surface area (Å²) in [5.41, 5.74) is 2.23. The van der Waals surface area contributed by atoms with Crippen molar-refractivity contribution in [2.24, 2.45) is 7.05 Å². The van der Waals surface area contributed by atoms with Gasteiger partial charge in [0.2, 0.25) is 0 Å². The molecule has 1 unspecified atom stereocenters. The van der Waals surface area contributed by atoms with Gasteiger partial charge in [-0.1, -0.05) is 18.5 Å². The minimum Gasteiger partial charge on any atom is -0.301 e. The maximum absolute atomic E-state index is 6.30. The van der Waals surface area contributed by atoms with E-state index in [1.807, 2.05) is 14.0 Å². The van der Waals surface area contributed by atoms with Gasteiger partial charge in [-0.2, -0.15) is 5.10 Å². The number of aryl methyl sites for hydroxylation is 2. The molecule has 0 N–H and O–H groups in total. The van der Waals surface area contributed by atoms with E-state index in [2.05, 4.69) is 28.9 Å². The Morgan fingerprint density at radius 2 is 2.06 bits per heavy atom. The van der Waals surface area contributed by atoms with E-state index >= 15 is 0 Å². The third kappa shape index (κ3) is 2.71. The lowest BCUT2D eigenvalue weighted by Gasteiger charge is -2.39. The van der Waals surface area contributed by atoms with Crippen LogP contribution in [-0.4, -0.2) is 52.3 Å². The van der Waals surface area contributed by atoms with Crippen molar-refractivity contribution >= 4 is 11.6 Å². The minimum atomic E-state index is 0.662. The summed E-state index contributed by atoms with van der Waals surface area (Å²) in [6, 6.07) is 0.662. The Hall–Kier alpha value is -0.580. The Kier molecular flexibility index (Phi) is 4.30. The van der Waals surface area contributed by atoms with Gasteiger partial charge in [-0.15, -0.1) is 0 Å². The summed E-state index contributed by atoms with van der Waals surface area (Å²) < 4.78 is 1.76. The Morgan fingerprint density at radius 3 is 2.61 bits per heavy atom. The van der Waals surface area contributed by atoms with Gasteiger partial charge in [-0.3, -0.25) is 9.58 Å². The molecule has 18 heavy (non-hydrogen) atoms. The Bertz CT molecular complexity index is 415. The number of likely N-dealkylation sites (N-methyl/N-ethyl adjacent to an activating group) is 1. The van der Waals surface area contributed by atoms with E-state index in [4.69, 9.17) is 11.6 Å². The summed E-state index contributed by atoms with van der Waals surface area (Å²) >= 11 is 6.30. The van der Waals surface area contributed by atoms with Crippen molar-refractivity contribution in [2.45, 2.75) is 32.9 Å². The summed E-state index contributed by atoms with van der Waals surface area (Å²) in [4.78, 5) is 4.94. The van der Waals surface area contributed by atoms with Gasteiger partial charge in [0.25, 0.3) is 0 Å². The van der Waals surface area contributed by atoms with E-state index in [0.29, 0.717) is 6.04 Å². The molecule has 0 aliphatic carbocycles. The standard InChI is InChI=1S/C13H23ClN4/c1-5-11-8-18(7-6-16(11)3)9-12-10(2)15-17(4)13(12)14/h11H,5-9H2,1-4H3. The second kappa shape index (κ2) is 5.59. The monoisotopic (exact) mass is 270 g/mol. The Labute approximate surface area is 115 Å². The number of nitrogens with zero attached hydrogens (tertiary/aromatic N) is 4. The van der Waals surface area contributed by atoms with Crippen molar-refractivity contribution in [2.75, 3.05) is 26.7 Å². The van der Waals surface area contributed by atoms with Crippen molar-refractivity contribution in [1.29, 1.82) is 0 Å². The first-order chi connectivity index (χ1) is 8.52. The van der Waals surface area contributed by atoms with Crippen molar-refractivity contribution < 1.29 is 0 Å². The maximum atomic E-state index is 6.30. The fourth-order valence-corrected chi connectivity index (χ4v) is 2.91. The largest absolute Gasteiger partial charge is 0.301 e. The third-order valence-corrected chi connectivity index (χ3v) is 4.46. The van der Waals surface area contributed by atoms with E-state index in [-0.39, 0.29) is 0 Å². The fourth-order valence-electron chi connectivity index (χ4n) is 2.67. The molecule has 1 saturated heterocycles. The van der Waals surface area contributed by atoms with E-state index in [1.165, 1.54) is 12.0 Å². The van der Waals surface area contributed by atoms with Gasteiger partial charge in [-0.05, 0) is 20.4 Å². The van der Waals surface area contributed by atoms with Crippen LogP contribution < -0.4 is 0 Å². The average molecular weight is 271 g/mol. The summed E-state index contributed by atoms with van der Waals surface area (Å²) in [5.74, 6) is 0. The number of hydrogen-bond acceptors (Lipinski definition) is 3. The van der Waals surface area contributed by atoms with Gasteiger partial charge in [0.05, 0.1) is 5.69 Å². The molecular weight excluding hydrogens is 248 g/mol. The molecule has 0 bridgehead atoms. The molecule has 5 heteroatoms. The van der Waals surface area contributed by atoms with Crippen molar-refractivity contribution in [3.05, 3.63) is 16.4 Å². The number of hydrogen-bond donors (Lipinski definition) is 0. The first-order valence-corrected chi connectivity index (χ1v) is 7.01. The van der Waals surface area contributed by atoms with E-state index in [0.717, 1.165) is 37.0 Å². The van der Waals surface area contributed by atoms with Crippen LogP contribution in [-0.2, 0) is 13.6 Å². The van der Waals surface area contributed by atoms with Crippen LogP contribution in [0, 0.1) is 6.92 Å². The lowest BCUT2D eigenvalue weighted by molar-refractivity contribution is 0.0882. The molecule has 1 atom stereocenters. The average Bonchev–Trinajstić information content (AvgIpc) is 2.58. The normalized spacial score (nSPS) is 22.6. The maximum Gasteiger partial charge on any atom is 0.131 e.